The highest BCUT2D eigenvalue weighted by atomic mass is 32.2. The van der Waals surface area contributed by atoms with Crippen molar-refractivity contribution < 1.29 is 17.7 Å². The molecular weight excluding hydrogens is 400 g/mol. The molecule has 1 aromatic heterocycles. The predicted molar refractivity (Wildman–Crippen MR) is 117 cm³/mol. The number of rotatable bonds is 6. The van der Waals surface area contributed by atoms with Gasteiger partial charge in [-0.25, -0.2) is 8.42 Å². The van der Waals surface area contributed by atoms with Gasteiger partial charge in [-0.15, -0.1) is 0 Å². The maximum atomic E-state index is 13.0. The zero-order valence-electron chi connectivity index (χ0n) is 17.9. The zero-order chi connectivity index (χ0) is 22.1. The molecule has 0 aliphatic heterocycles. The molecule has 6 nitrogen and oxygen atoms in total. The third kappa shape index (κ3) is 4.46. The molecule has 7 heteroatoms. The molecule has 0 atom stereocenters. The molecule has 158 valence electrons. The van der Waals surface area contributed by atoms with Gasteiger partial charge < -0.3 is 9.42 Å². The Morgan fingerprint density at radius 3 is 2.43 bits per heavy atom. The molecule has 0 unspecified atom stereocenters. The number of hydrogen-bond acceptors (Lipinski definition) is 5. The minimum absolute atomic E-state index is 0.100. The van der Waals surface area contributed by atoms with E-state index in [1.807, 2.05) is 51.1 Å². The van der Waals surface area contributed by atoms with Crippen molar-refractivity contribution in [3.8, 4) is 11.3 Å². The van der Waals surface area contributed by atoms with E-state index in [9.17, 15) is 13.2 Å². The number of anilines is 1. The lowest BCUT2D eigenvalue weighted by Crippen LogP contribution is -2.28. The molecule has 1 amide bonds. The summed E-state index contributed by atoms with van der Waals surface area (Å²) in [6.45, 7) is 7.41. The molecule has 2 aromatic carbocycles. The molecule has 0 radical (unpaired) electrons. The van der Waals surface area contributed by atoms with E-state index < -0.39 is 9.84 Å². The lowest BCUT2D eigenvalue weighted by atomic mass is 10.1. The second-order valence-electron chi connectivity index (χ2n) is 7.56. The Kier molecular flexibility index (Phi) is 6.12. The Balaban J connectivity index is 1.81. The van der Waals surface area contributed by atoms with Crippen molar-refractivity contribution in [3.05, 3.63) is 64.8 Å². The van der Waals surface area contributed by atoms with Gasteiger partial charge in [-0.2, -0.15) is 0 Å². The lowest BCUT2D eigenvalue weighted by molar-refractivity contribution is -0.117. The Bertz CT molecular complexity index is 1200. The predicted octanol–water partition coefficient (Wildman–Crippen LogP) is 4.40. The third-order valence-electron chi connectivity index (χ3n) is 5.29. The molecule has 0 saturated heterocycles. The highest BCUT2D eigenvalue weighted by Crippen LogP contribution is 2.29. The first-order valence-corrected chi connectivity index (χ1v) is 11.4. The number of sulfone groups is 1. The van der Waals surface area contributed by atoms with Gasteiger partial charge in [0.1, 0.15) is 0 Å². The van der Waals surface area contributed by atoms with Crippen molar-refractivity contribution in [2.24, 2.45) is 0 Å². The standard InChI is InChI=1S/C23H26N2O4S/c1-15-7-6-8-20(13-15)25(5)22(26)11-12-30(27,28)21-14-19(10-9-16(21)2)23-17(3)18(4)24-29-23/h6-10,13-14H,11-12H2,1-5H3. The molecule has 0 bridgehead atoms. The Hall–Kier alpha value is -2.93. The van der Waals surface area contributed by atoms with Crippen LogP contribution in [0.3, 0.4) is 0 Å². The molecule has 0 aliphatic carbocycles. The van der Waals surface area contributed by atoms with E-state index in [0.717, 1.165) is 22.5 Å². The van der Waals surface area contributed by atoms with Gasteiger partial charge in [0, 0.05) is 30.3 Å². The van der Waals surface area contributed by atoms with Gasteiger partial charge in [0.25, 0.3) is 0 Å². The maximum absolute atomic E-state index is 13.0. The van der Waals surface area contributed by atoms with Crippen LogP contribution in [0.5, 0.6) is 0 Å². The zero-order valence-corrected chi connectivity index (χ0v) is 18.7. The van der Waals surface area contributed by atoms with Crippen molar-refractivity contribution in [2.75, 3.05) is 17.7 Å². The van der Waals surface area contributed by atoms with Crippen molar-refractivity contribution in [1.82, 2.24) is 5.16 Å². The first-order valence-electron chi connectivity index (χ1n) is 9.70. The van der Waals surface area contributed by atoms with Gasteiger partial charge in [-0.1, -0.05) is 29.4 Å². The summed E-state index contributed by atoms with van der Waals surface area (Å²) in [5, 5.41) is 3.95. The van der Waals surface area contributed by atoms with Gasteiger partial charge in [0.05, 0.1) is 16.3 Å². The topological polar surface area (TPSA) is 80.5 Å². The van der Waals surface area contributed by atoms with Crippen molar-refractivity contribution >= 4 is 21.4 Å². The first-order chi connectivity index (χ1) is 14.1. The molecule has 0 spiro atoms. The van der Waals surface area contributed by atoms with E-state index in [1.165, 1.54) is 4.90 Å². The smallest absolute Gasteiger partial charge is 0.227 e. The number of aromatic nitrogens is 1. The monoisotopic (exact) mass is 426 g/mol. The molecule has 1 heterocycles. The van der Waals surface area contributed by atoms with Crippen LogP contribution in [0.4, 0.5) is 5.69 Å². The van der Waals surface area contributed by atoms with Gasteiger partial charge in [0.2, 0.25) is 5.91 Å². The fourth-order valence-corrected chi connectivity index (χ4v) is 4.77. The second kappa shape index (κ2) is 8.44. The van der Waals surface area contributed by atoms with Crippen LogP contribution in [-0.2, 0) is 14.6 Å². The van der Waals surface area contributed by atoms with Crippen LogP contribution in [-0.4, -0.2) is 32.3 Å². The minimum Gasteiger partial charge on any atom is -0.356 e. The maximum Gasteiger partial charge on any atom is 0.227 e. The molecular formula is C23H26N2O4S. The van der Waals surface area contributed by atoms with Crippen molar-refractivity contribution in [3.63, 3.8) is 0 Å². The molecule has 3 rings (SSSR count). The molecule has 0 fully saturated rings. The quantitative estimate of drug-likeness (QED) is 0.583. The Labute approximate surface area is 177 Å². The SMILES string of the molecule is Cc1cccc(N(C)C(=O)CCS(=O)(=O)c2cc(-c3onc(C)c3C)ccc2C)c1. The van der Waals surface area contributed by atoms with Gasteiger partial charge in [-0.3, -0.25) is 4.79 Å². The van der Waals surface area contributed by atoms with Crippen LogP contribution in [0.2, 0.25) is 0 Å². The van der Waals surface area contributed by atoms with Crippen LogP contribution in [0, 0.1) is 27.7 Å². The van der Waals surface area contributed by atoms with E-state index in [-0.39, 0.29) is 23.0 Å². The van der Waals surface area contributed by atoms with E-state index in [1.54, 1.807) is 26.1 Å². The minimum atomic E-state index is -3.66. The van der Waals surface area contributed by atoms with Crippen LogP contribution >= 0.6 is 0 Å². The fraction of sp³-hybridized carbons (Fsp3) is 0.304. The summed E-state index contributed by atoms with van der Waals surface area (Å²) in [4.78, 5) is 14.3. The summed E-state index contributed by atoms with van der Waals surface area (Å²) in [6, 6.07) is 12.7. The Morgan fingerprint density at radius 2 is 1.80 bits per heavy atom. The van der Waals surface area contributed by atoms with Crippen LogP contribution in [0.25, 0.3) is 11.3 Å². The summed E-state index contributed by atoms with van der Waals surface area (Å²) < 4.78 is 31.4. The van der Waals surface area contributed by atoms with Crippen LogP contribution < -0.4 is 4.90 Å². The van der Waals surface area contributed by atoms with E-state index in [4.69, 9.17) is 4.52 Å². The summed E-state index contributed by atoms with van der Waals surface area (Å²) in [5.41, 5.74) is 4.70. The highest BCUT2D eigenvalue weighted by Gasteiger charge is 2.22. The molecule has 3 aromatic rings. The largest absolute Gasteiger partial charge is 0.356 e. The molecule has 0 saturated carbocycles. The van der Waals surface area contributed by atoms with Crippen molar-refractivity contribution in [2.45, 2.75) is 39.0 Å². The molecule has 30 heavy (non-hydrogen) atoms. The van der Waals surface area contributed by atoms with Gasteiger partial charge in [0.15, 0.2) is 15.6 Å². The number of carbonyl (C=O) groups excluding carboxylic acids is 1. The second-order valence-corrected chi connectivity index (χ2v) is 9.64. The Morgan fingerprint density at radius 1 is 1.07 bits per heavy atom. The summed E-state index contributed by atoms with van der Waals surface area (Å²) in [7, 11) is -2.00. The summed E-state index contributed by atoms with van der Waals surface area (Å²) >= 11 is 0. The summed E-state index contributed by atoms with van der Waals surface area (Å²) in [5.74, 6) is 0.0413. The number of amides is 1. The van der Waals surface area contributed by atoms with Gasteiger partial charge >= 0.3 is 0 Å². The highest BCUT2D eigenvalue weighted by molar-refractivity contribution is 7.91. The number of aryl methyl sites for hydroxylation is 3. The number of hydrogen-bond donors (Lipinski definition) is 0. The van der Waals surface area contributed by atoms with Crippen LogP contribution in [0.15, 0.2) is 51.9 Å². The molecule has 0 N–H and O–H groups in total. The number of carbonyl (C=O) groups is 1. The lowest BCUT2D eigenvalue weighted by Gasteiger charge is -2.18. The normalized spacial score (nSPS) is 11.5. The van der Waals surface area contributed by atoms with E-state index >= 15 is 0 Å². The van der Waals surface area contributed by atoms with Crippen LogP contribution in [0.1, 0.15) is 28.8 Å². The fourth-order valence-electron chi connectivity index (χ4n) is 3.24. The average molecular weight is 427 g/mol. The average Bonchev–Trinajstić information content (AvgIpc) is 3.04. The number of nitrogens with zero attached hydrogens (tertiary/aromatic N) is 2. The van der Waals surface area contributed by atoms with E-state index in [2.05, 4.69) is 5.16 Å². The van der Waals surface area contributed by atoms with Crippen molar-refractivity contribution in [1.29, 1.82) is 0 Å². The van der Waals surface area contributed by atoms with Gasteiger partial charge in [-0.05, 0) is 57.0 Å². The first kappa shape index (κ1) is 21.8. The number of benzene rings is 2. The summed E-state index contributed by atoms with van der Waals surface area (Å²) in [6.07, 6.45) is -0.100. The molecule has 0 aliphatic rings. The third-order valence-corrected chi connectivity index (χ3v) is 7.14. The van der Waals surface area contributed by atoms with E-state index in [0.29, 0.717) is 16.9 Å².